The molecule has 1 N–H and O–H groups in total. The van der Waals surface area contributed by atoms with Crippen molar-refractivity contribution in [3.63, 3.8) is 0 Å². The molecule has 1 spiro atoms. The minimum Gasteiger partial charge on any atom is -0.465 e. The van der Waals surface area contributed by atoms with Gasteiger partial charge in [0, 0.05) is 36.3 Å². The van der Waals surface area contributed by atoms with Crippen molar-refractivity contribution in [1.29, 1.82) is 0 Å². The van der Waals surface area contributed by atoms with Gasteiger partial charge in [0.2, 0.25) is 5.91 Å². The highest BCUT2D eigenvalue weighted by molar-refractivity contribution is 8.02. The molecule has 3 heterocycles. The summed E-state index contributed by atoms with van der Waals surface area (Å²) in [6, 6.07) is 6.58. The highest BCUT2D eigenvalue weighted by Gasteiger charge is 2.74. The summed E-state index contributed by atoms with van der Waals surface area (Å²) in [5.41, 5.74) is 1.80. The number of ether oxygens (including phenoxy) is 1. The zero-order valence-corrected chi connectivity index (χ0v) is 24.8. The van der Waals surface area contributed by atoms with Gasteiger partial charge < -0.3 is 24.5 Å². The number of nitrogens with zero attached hydrogens (tertiary/aromatic N) is 3. The molecule has 0 aromatic heterocycles. The molecule has 1 aromatic carbocycles. The fourth-order valence-corrected chi connectivity index (χ4v) is 9.00. The van der Waals surface area contributed by atoms with E-state index in [1.54, 1.807) is 33.7 Å². The van der Waals surface area contributed by atoms with Crippen molar-refractivity contribution in [2.75, 3.05) is 42.6 Å². The van der Waals surface area contributed by atoms with Crippen molar-refractivity contribution >= 4 is 40.9 Å². The number of carbonyl (C=O) groups is 3. The molecule has 0 radical (unpaired) electrons. The number of carbonyl (C=O) groups excluding carboxylic acids is 3. The van der Waals surface area contributed by atoms with Gasteiger partial charge in [0.15, 0.2) is 0 Å². The first-order chi connectivity index (χ1) is 19.3. The molecule has 3 saturated heterocycles. The van der Waals surface area contributed by atoms with Gasteiger partial charge in [-0.1, -0.05) is 19.1 Å². The summed E-state index contributed by atoms with van der Waals surface area (Å²) < 4.78 is 4.82. The molecule has 9 heteroatoms. The summed E-state index contributed by atoms with van der Waals surface area (Å²) in [4.78, 5) is 47.6. The number of thioether (sulfide) groups is 1. The number of hydrogen-bond donors (Lipinski definition) is 1. The number of aliphatic hydroxyl groups excluding tert-OH is 1. The van der Waals surface area contributed by atoms with Crippen LogP contribution in [0.2, 0.25) is 0 Å². The van der Waals surface area contributed by atoms with Gasteiger partial charge in [0.1, 0.15) is 6.04 Å². The highest BCUT2D eigenvalue weighted by Crippen LogP contribution is 2.67. The second kappa shape index (κ2) is 12.8. The monoisotopic (exact) mass is 569 g/mol. The number of rotatable bonds is 14. The quantitative estimate of drug-likeness (QED) is 0.206. The number of benzene rings is 1. The summed E-state index contributed by atoms with van der Waals surface area (Å²) >= 11 is 1.61. The number of esters is 1. The molecule has 4 rings (SSSR count). The van der Waals surface area contributed by atoms with E-state index in [4.69, 9.17) is 4.74 Å². The molecule has 3 aliphatic rings. The predicted molar refractivity (Wildman–Crippen MR) is 160 cm³/mol. The van der Waals surface area contributed by atoms with Gasteiger partial charge in [-0.2, -0.15) is 0 Å². The van der Waals surface area contributed by atoms with Gasteiger partial charge in [0.05, 0.1) is 35.8 Å². The largest absolute Gasteiger partial charge is 0.465 e. The fourth-order valence-electron chi connectivity index (χ4n) is 6.82. The van der Waals surface area contributed by atoms with Crippen molar-refractivity contribution in [2.24, 2.45) is 11.8 Å². The molecule has 1 aromatic rings. The molecule has 0 saturated carbocycles. The normalized spacial score (nSPS) is 27.3. The van der Waals surface area contributed by atoms with Gasteiger partial charge in [-0.15, -0.1) is 24.9 Å². The maximum atomic E-state index is 14.6. The number of likely N-dealkylation sites (tertiary alicyclic amines) is 1. The van der Waals surface area contributed by atoms with Crippen LogP contribution >= 0.6 is 11.8 Å². The number of amides is 2. The Morgan fingerprint density at radius 3 is 2.42 bits per heavy atom. The van der Waals surface area contributed by atoms with Crippen LogP contribution in [0.5, 0.6) is 0 Å². The van der Waals surface area contributed by atoms with Crippen LogP contribution in [0, 0.1) is 11.8 Å². The van der Waals surface area contributed by atoms with Crippen molar-refractivity contribution < 1.29 is 24.2 Å². The molecular formula is C31H43N3O5S. The molecule has 2 bridgehead atoms. The second-order valence-corrected chi connectivity index (χ2v) is 12.3. The van der Waals surface area contributed by atoms with Gasteiger partial charge in [-0.3, -0.25) is 14.4 Å². The molecule has 40 heavy (non-hydrogen) atoms. The fraction of sp³-hybridized carbons (Fsp3) is 0.581. The van der Waals surface area contributed by atoms with Crippen molar-refractivity contribution in [3.8, 4) is 0 Å². The summed E-state index contributed by atoms with van der Waals surface area (Å²) in [5.74, 6) is -2.06. The van der Waals surface area contributed by atoms with Crippen LogP contribution in [-0.4, -0.2) is 82.7 Å². The van der Waals surface area contributed by atoms with Gasteiger partial charge in [0.25, 0.3) is 5.91 Å². The smallest absolute Gasteiger partial charge is 0.310 e. The van der Waals surface area contributed by atoms with Crippen LogP contribution in [0.4, 0.5) is 11.4 Å². The third-order valence-electron chi connectivity index (χ3n) is 8.75. The minimum atomic E-state index is -0.800. The first kappa shape index (κ1) is 30.2. The first-order valence-electron chi connectivity index (χ1n) is 14.5. The third kappa shape index (κ3) is 5.07. The van der Waals surface area contributed by atoms with E-state index in [0.29, 0.717) is 19.3 Å². The van der Waals surface area contributed by atoms with E-state index in [1.165, 1.54) is 0 Å². The lowest BCUT2D eigenvalue weighted by atomic mass is 9.71. The lowest BCUT2D eigenvalue weighted by Gasteiger charge is -2.39. The van der Waals surface area contributed by atoms with Crippen LogP contribution in [0.3, 0.4) is 0 Å². The van der Waals surface area contributed by atoms with Gasteiger partial charge in [-0.25, -0.2) is 0 Å². The minimum absolute atomic E-state index is 0.0713. The Morgan fingerprint density at radius 1 is 1.18 bits per heavy atom. The Kier molecular flexibility index (Phi) is 9.67. The van der Waals surface area contributed by atoms with E-state index in [2.05, 4.69) is 31.9 Å². The Bertz CT molecular complexity index is 1100. The van der Waals surface area contributed by atoms with E-state index in [0.717, 1.165) is 30.9 Å². The predicted octanol–water partition coefficient (Wildman–Crippen LogP) is 4.03. The zero-order chi connectivity index (χ0) is 29.0. The summed E-state index contributed by atoms with van der Waals surface area (Å²) in [5, 5.41) is 10.2. The lowest BCUT2D eigenvalue weighted by molar-refractivity contribution is -0.154. The molecule has 3 fully saturated rings. The highest BCUT2D eigenvalue weighted by atomic mass is 32.2. The molecule has 2 amide bonds. The average molecular weight is 570 g/mol. The Labute approximate surface area is 242 Å². The Hall–Kier alpha value is -2.78. The number of aliphatic hydroxyl groups is 1. The van der Waals surface area contributed by atoms with E-state index in [1.807, 2.05) is 31.2 Å². The molecular weight excluding hydrogens is 526 g/mol. The Balaban J connectivity index is 1.73. The molecule has 218 valence electrons. The molecule has 2 unspecified atom stereocenters. The van der Waals surface area contributed by atoms with Crippen LogP contribution < -0.4 is 9.80 Å². The number of fused-ring (bicyclic) bond motifs is 1. The van der Waals surface area contributed by atoms with Crippen LogP contribution in [0.25, 0.3) is 0 Å². The second-order valence-electron chi connectivity index (χ2n) is 10.7. The Morgan fingerprint density at radius 2 is 1.85 bits per heavy atom. The maximum Gasteiger partial charge on any atom is 0.310 e. The van der Waals surface area contributed by atoms with E-state index < -0.39 is 28.7 Å². The van der Waals surface area contributed by atoms with E-state index >= 15 is 0 Å². The van der Waals surface area contributed by atoms with Crippen molar-refractivity contribution in [3.05, 3.63) is 49.6 Å². The van der Waals surface area contributed by atoms with Gasteiger partial charge in [-0.05, 0) is 63.8 Å². The van der Waals surface area contributed by atoms with Crippen LogP contribution in [0.15, 0.2) is 49.6 Å². The zero-order valence-electron chi connectivity index (χ0n) is 24.0. The van der Waals surface area contributed by atoms with E-state index in [9.17, 15) is 19.5 Å². The van der Waals surface area contributed by atoms with Crippen molar-refractivity contribution in [2.45, 2.75) is 68.5 Å². The topological polar surface area (TPSA) is 90.4 Å². The molecule has 8 nitrogen and oxygen atoms in total. The molecule has 6 atom stereocenters. The standard InChI is InChI=1S/C31H43N3O5S/c1-6-11-19-39-30(38)25-24-16-17-31(40-24)26(25)28(36)34(21(8-3)20-35)27(31)29(37)33(18-7-2)23-14-12-22(13-15-23)32(9-4)10-5/h6-7,12-15,21,24-27,35H,1-2,8-11,16-20H2,3-5H3/t21-,24-,25+,26-,27?,31?/m0/s1. The summed E-state index contributed by atoms with van der Waals surface area (Å²) in [6.07, 6.45) is 5.82. The average Bonchev–Trinajstić information content (AvgIpc) is 3.61. The first-order valence-corrected chi connectivity index (χ1v) is 15.4. The SMILES string of the molecule is C=CCCOC(=O)[C@@H]1[C@@H]2CCC3(S2)C(C(=O)N(CC=C)c2ccc(N(CC)CC)cc2)N([C@@H](CC)CO)C(=O)[C@H]13. The third-order valence-corrected chi connectivity index (χ3v) is 10.7. The van der Waals surface area contributed by atoms with Crippen LogP contribution in [0.1, 0.15) is 46.5 Å². The van der Waals surface area contributed by atoms with Crippen LogP contribution in [-0.2, 0) is 19.1 Å². The number of anilines is 2. The summed E-state index contributed by atoms with van der Waals surface area (Å²) in [6.45, 7) is 15.7. The molecule has 0 aliphatic carbocycles. The number of hydrogen-bond acceptors (Lipinski definition) is 7. The van der Waals surface area contributed by atoms with Gasteiger partial charge >= 0.3 is 5.97 Å². The molecule has 3 aliphatic heterocycles. The lowest BCUT2D eigenvalue weighted by Crippen LogP contribution is -2.57. The van der Waals surface area contributed by atoms with Crippen molar-refractivity contribution in [1.82, 2.24) is 4.90 Å². The maximum absolute atomic E-state index is 14.6. The summed E-state index contributed by atoms with van der Waals surface area (Å²) in [7, 11) is 0. The van der Waals surface area contributed by atoms with E-state index in [-0.39, 0.29) is 42.8 Å².